The molecule has 96 valence electrons. The Kier molecular flexibility index (Phi) is 5.49. The van der Waals surface area contributed by atoms with Gasteiger partial charge in [-0.05, 0) is 25.0 Å². The lowest BCUT2D eigenvalue weighted by atomic mass is 10.1. The van der Waals surface area contributed by atoms with E-state index >= 15 is 0 Å². The summed E-state index contributed by atoms with van der Waals surface area (Å²) in [6.07, 6.45) is 1.18. The van der Waals surface area contributed by atoms with E-state index in [1.54, 1.807) is 0 Å². The van der Waals surface area contributed by atoms with Crippen LogP contribution in [-0.2, 0) is 6.54 Å². The maximum atomic E-state index is 3.50. The van der Waals surface area contributed by atoms with Crippen molar-refractivity contribution < 1.29 is 0 Å². The second-order valence-electron chi connectivity index (χ2n) is 5.09. The van der Waals surface area contributed by atoms with Gasteiger partial charge in [0, 0.05) is 31.9 Å². The summed E-state index contributed by atoms with van der Waals surface area (Å²) in [5.74, 6) is 0. The molecule has 0 amide bonds. The highest BCUT2D eigenvalue weighted by molar-refractivity contribution is 5.54. The van der Waals surface area contributed by atoms with Crippen molar-refractivity contribution in [2.45, 2.75) is 46.7 Å². The number of hydrogen-bond acceptors (Lipinski definition) is 2. The number of aryl methyl sites for hydroxylation is 1. The van der Waals surface area contributed by atoms with Crippen LogP contribution in [0.3, 0.4) is 0 Å². The highest BCUT2D eigenvalue weighted by atomic mass is 15.1. The highest BCUT2D eigenvalue weighted by Gasteiger charge is 2.07. The van der Waals surface area contributed by atoms with Gasteiger partial charge in [0.1, 0.15) is 0 Å². The monoisotopic (exact) mass is 234 g/mol. The fourth-order valence-electron chi connectivity index (χ4n) is 2.00. The van der Waals surface area contributed by atoms with Crippen LogP contribution < -0.4 is 10.2 Å². The van der Waals surface area contributed by atoms with Crippen LogP contribution in [0.1, 0.15) is 38.3 Å². The first-order valence-corrected chi connectivity index (χ1v) is 6.58. The largest absolute Gasteiger partial charge is 0.374 e. The van der Waals surface area contributed by atoms with Crippen molar-refractivity contribution >= 4 is 5.69 Å². The van der Waals surface area contributed by atoms with Gasteiger partial charge in [0.2, 0.25) is 0 Å². The van der Waals surface area contributed by atoms with Crippen LogP contribution in [0.15, 0.2) is 18.2 Å². The Hall–Kier alpha value is -1.02. The molecule has 1 aromatic carbocycles. The first-order valence-electron chi connectivity index (χ1n) is 6.58. The molecule has 0 atom stereocenters. The summed E-state index contributed by atoms with van der Waals surface area (Å²) in [4.78, 5) is 2.34. The molecule has 0 bridgehead atoms. The second kappa shape index (κ2) is 6.65. The molecule has 2 nitrogen and oxygen atoms in total. The molecule has 0 aliphatic rings. The maximum Gasteiger partial charge on any atom is 0.0409 e. The Labute approximate surface area is 106 Å². The summed E-state index contributed by atoms with van der Waals surface area (Å²) in [7, 11) is 2.17. The predicted octanol–water partition coefficient (Wildman–Crippen LogP) is 3.34. The Bertz CT molecular complexity index is 345. The van der Waals surface area contributed by atoms with E-state index in [1.807, 2.05) is 0 Å². The number of benzene rings is 1. The molecule has 0 radical (unpaired) electrons. The summed E-state index contributed by atoms with van der Waals surface area (Å²) < 4.78 is 0. The van der Waals surface area contributed by atoms with Crippen molar-refractivity contribution in [3.63, 3.8) is 0 Å². The predicted molar refractivity (Wildman–Crippen MR) is 76.7 cm³/mol. The third-order valence-electron chi connectivity index (χ3n) is 2.91. The van der Waals surface area contributed by atoms with E-state index in [9.17, 15) is 0 Å². The lowest BCUT2D eigenvalue weighted by molar-refractivity contribution is 0.588. The molecule has 1 aromatic rings. The van der Waals surface area contributed by atoms with Crippen molar-refractivity contribution in [1.82, 2.24) is 5.32 Å². The minimum atomic E-state index is 0.528. The molecule has 2 heteroatoms. The van der Waals surface area contributed by atoms with Crippen LogP contribution in [0.25, 0.3) is 0 Å². The van der Waals surface area contributed by atoms with Crippen LogP contribution in [0.5, 0.6) is 0 Å². The van der Waals surface area contributed by atoms with Gasteiger partial charge in [-0.25, -0.2) is 0 Å². The molecule has 0 aliphatic heterocycles. The molecule has 0 saturated carbocycles. The van der Waals surface area contributed by atoms with E-state index in [0.717, 1.165) is 13.1 Å². The molecule has 17 heavy (non-hydrogen) atoms. The molecule has 0 aliphatic carbocycles. The minimum absolute atomic E-state index is 0.528. The van der Waals surface area contributed by atoms with Crippen molar-refractivity contribution in [2.75, 3.05) is 18.5 Å². The minimum Gasteiger partial charge on any atom is -0.374 e. The van der Waals surface area contributed by atoms with Gasteiger partial charge < -0.3 is 10.2 Å². The number of nitrogens with zero attached hydrogens (tertiary/aromatic N) is 1. The van der Waals surface area contributed by atoms with E-state index < -0.39 is 0 Å². The second-order valence-corrected chi connectivity index (χ2v) is 5.09. The number of hydrogen-bond donors (Lipinski definition) is 1. The Balaban J connectivity index is 2.87. The molecule has 0 saturated heterocycles. The molecule has 0 aromatic heterocycles. The van der Waals surface area contributed by atoms with E-state index in [-0.39, 0.29) is 0 Å². The Morgan fingerprint density at radius 2 is 2.00 bits per heavy atom. The van der Waals surface area contributed by atoms with E-state index in [2.05, 4.69) is 63.2 Å². The van der Waals surface area contributed by atoms with Crippen molar-refractivity contribution in [2.24, 2.45) is 0 Å². The topological polar surface area (TPSA) is 15.3 Å². The first kappa shape index (κ1) is 14.0. The quantitative estimate of drug-likeness (QED) is 0.812. The number of nitrogens with one attached hydrogen (secondary N) is 1. The fourth-order valence-corrected chi connectivity index (χ4v) is 2.00. The molecule has 1 N–H and O–H groups in total. The zero-order chi connectivity index (χ0) is 12.8. The van der Waals surface area contributed by atoms with Gasteiger partial charge in [-0.2, -0.15) is 0 Å². The summed E-state index contributed by atoms with van der Waals surface area (Å²) in [5, 5.41) is 3.50. The molecule has 0 heterocycles. The van der Waals surface area contributed by atoms with Crippen molar-refractivity contribution in [3.8, 4) is 0 Å². The van der Waals surface area contributed by atoms with Gasteiger partial charge in [0.25, 0.3) is 0 Å². The van der Waals surface area contributed by atoms with Gasteiger partial charge in [-0.15, -0.1) is 0 Å². The van der Waals surface area contributed by atoms with Crippen LogP contribution in [-0.4, -0.2) is 19.6 Å². The Morgan fingerprint density at radius 1 is 1.29 bits per heavy atom. The molecular formula is C15H26N2. The average Bonchev–Trinajstić information content (AvgIpc) is 2.26. The number of rotatable bonds is 6. The van der Waals surface area contributed by atoms with Crippen molar-refractivity contribution in [3.05, 3.63) is 29.3 Å². The van der Waals surface area contributed by atoms with Gasteiger partial charge in [-0.3, -0.25) is 0 Å². The molecular weight excluding hydrogens is 208 g/mol. The smallest absolute Gasteiger partial charge is 0.0409 e. The summed E-state index contributed by atoms with van der Waals surface area (Å²) in [5.41, 5.74) is 4.08. The van der Waals surface area contributed by atoms with Gasteiger partial charge in [-0.1, -0.05) is 38.5 Å². The van der Waals surface area contributed by atoms with Crippen LogP contribution >= 0.6 is 0 Å². The van der Waals surface area contributed by atoms with Crippen LogP contribution in [0.4, 0.5) is 5.69 Å². The van der Waals surface area contributed by atoms with Gasteiger partial charge in [0.05, 0.1) is 0 Å². The van der Waals surface area contributed by atoms with Crippen LogP contribution in [0.2, 0.25) is 0 Å². The lowest BCUT2D eigenvalue weighted by Gasteiger charge is -2.23. The molecule has 0 fully saturated rings. The zero-order valence-electron chi connectivity index (χ0n) is 11.9. The SMILES string of the molecule is CCCN(C)c1ccc(C)cc1CNC(C)C. The van der Waals surface area contributed by atoms with Gasteiger partial charge >= 0.3 is 0 Å². The standard InChI is InChI=1S/C15H26N2/c1-6-9-17(5)15-8-7-13(4)10-14(15)11-16-12(2)3/h7-8,10,12,16H,6,9,11H2,1-5H3. The third kappa shape index (κ3) is 4.39. The maximum absolute atomic E-state index is 3.50. The highest BCUT2D eigenvalue weighted by Crippen LogP contribution is 2.21. The van der Waals surface area contributed by atoms with E-state index in [1.165, 1.54) is 23.2 Å². The summed E-state index contributed by atoms with van der Waals surface area (Å²) >= 11 is 0. The molecule has 1 rings (SSSR count). The zero-order valence-corrected chi connectivity index (χ0v) is 11.9. The van der Waals surface area contributed by atoms with E-state index in [0.29, 0.717) is 6.04 Å². The lowest BCUT2D eigenvalue weighted by Crippen LogP contribution is -2.25. The van der Waals surface area contributed by atoms with Crippen molar-refractivity contribution in [1.29, 1.82) is 0 Å². The average molecular weight is 234 g/mol. The molecule has 0 unspecified atom stereocenters. The number of anilines is 1. The van der Waals surface area contributed by atoms with Crippen LogP contribution in [0, 0.1) is 6.92 Å². The summed E-state index contributed by atoms with van der Waals surface area (Å²) in [6, 6.07) is 7.25. The van der Waals surface area contributed by atoms with E-state index in [4.69, 9.17) is 0 Å². The summed E-state index contributed by atoms with van der Waals surface area (Å²) in [6.45, 7) is 10.8. The third-order valence-corrected chi connectivity index (χ3v) is 2.91. The first-order chi connectivity index (χ1) is 8.04. The fraction of sp³-hybridized carbons (Fsp3) is 0.600. The molecule has 0 spiro atoms. The normalized spacial score (nSPS) is 10.9. The Morgan fingerprint density at radius 3 is 2.59 bits per heavy atom. The van der Waals surface area contributed by atoms with Gasteiger partial charge in [0.15, 0.2) is 0 Å².